The Balaban J connectivity index is 2.35. The highest BCUT2D eigenvalue weighted by Gasteiger charge is 2.63. The summed E-state index contributed by atoms with van der Waals surface area (Å²) in [6, 6.07) is 2.71. The van der Waals surface area contributed by atoms with Gasteiger partial charge in [-0.3, -0.25) is 9.11 Å². The minimum absolute atomic E-state index is 0.182. The zero-order valence-corrected chi connectivity index (χ0v) is 19.8. The van der Waals surface area contributed by atoms with Crippen LogP contribution in [0.1, 0.15) is 76.1 Å². The summed E-state index contributed by atoms with van der Waals surface area (Å²) in [5.41, 5.74) is 1.59. The molecule has 0 saturated heterocycles. The molecule has 0 aliphatic heterocycles. The second kappa shape index (κ2) is 5.85. The summed E-state index contributed by atoms with van der Waals surface area (Å²) >= 11 is 0. The van der Waals surface area contributed by atoms with E-state index in [1.807, 2.05) is 20.8 Å². The maximum atomic E-state index is 12.5. The van der Waals surface area contributed by atoms with Crippen molar-refractivity contribution >= 4 is 31.0 Å². The summed E-state index contributed by atoms with van der Waals surface area (Å²) in [4.78, 5) is -0.387. The lowest BCUT2D eigenvalue weighted by Crippen LogP contribution is -2.33. The first-order valence-electron chi connectivity index (χ1n) is 10.1. The number of benzene rings is 2. The van der Waals surface area contributed by atoms with E-state index in [1.165, 1.54) is 12.1 Å². The molecule has 2 N–H and O–H groups in total. The fraction of sp³-hybridized carbons (Fsp3) is 0.545. The van der Waals surface area contributed by atoms with E-state index in [2.05, 4.69) is 13.8 Å². The summed E-state index contributed by atoms with van der Waals surface area (Å²) < 4.78 is 69.1. The molecule has 1 fully saturated rings. The van der Waals surface area contributed by atoms with Gasteiger partial charge in [0.1, 0.15) is 0 Å². The molecule has 1 saturated carbocycles. The molecule has 8 heteroatoms. The van der Waals surface area contributed by atoms with E-state index in [0.29, 0.717) is 22.9 Å². The smallest absolute Gasteiger partial charge is 0.282 e. The zero-order chi connectivity index (χ0) is 22.7. The minimum atomic E-state index is -4.57. The van der Waals surface area contributed by atoms with Crippen molar-refractivity contribution in [2.45, 2.75) is 86.8 Å². The van der Waals surface area contributed by atoms with Gasteiger partial charge >= 0.3 is 0 Å². The number of rotatable bonds is 4. The number of fused-ring (bicyclic) bond motifs is 1. The quantitative estimate of drug-likeness (QED) is 0.654. The maximum Gasteiger partial charge on any atom is 0.294 e. The SMILES string of the molecule is CCC(C)(C)c1c(S(=O)(=O)O)cc2cc(S(=O)(=O)O)c(C)c3c2c1C(C)(C)C31CC1. The Morgan fingerprint density at radius 1 is 0.967 bits per heavy atom. The van der Waals surface area contributed by atoms with E-state index in [4.69, 9.17) is 0 Å². The molecule has 0 unspecified atom stereocenters. The predicted octanol–water partition coefficient (Wildman–Crippen LogP) is 4.65. The molecule has 2 aliphatic carbocycles. The lowest BCUT2D eigenvalue weighted by molar-refractivity contribution is 0.391. The van der Waals surface area contributed by atoms with Gasteiger partial charge in [-0.1, -0.05) is 34.6 Å². The highest BCUT2D eigenvalue weighted by molar-refractivity contribution is 7.86. The van der Waals surface area contributed by atoms with Crippen LogP contribution in [0.4, 0.5) is 0 Å². The second-order valence-electron chi connectivity index (χ2n) is 9.99. The number of hydrogen-bond donors (Lipinski definition) is 2. The molecule has 2 aliphatic rings. The van der Waals surface area contributed by atoms with Crippen LogP contribution in [0.25, 0.3) is 10.8 Å². The average molecular weight is 453 g/mol. The Bertz CT molecular complexity index is 1330. The first kappa shape index (κ1) is 21.7. The predicted molar refractivity (Wildman–Crippen MR) is 116 cm³/mol. The van der Waals surface area contributed by atoms with Crippen LogP contribution in [0.3, 0.4) is 0 Å². The Labute approximate surface area is 178 Å². The molecule has 0 atom stereocenters. The van der Waals surface area contributed by atoms with Crippen molar-refractivity contribution < 1.29 is 25.9 Å². The van der Waals surface area contributed by atoms with Crippen LogP contribution < -0.4 is 0 Å². The molecular weight excluding hydrogens is 424 g/mol. The third-order valence-corrected chi connectivity index (χ3v) is 9.63. The molecule has 1 spiro atoms. The van der Waals surface area contributed by atoms with Gasteiger partial charge in [-0.2, -0.15) is 16.8 Å². The minimum Gasteiger partial charge on any atom is -0.282 e. The highest BCUT2D eigenvalue weighted by atomic mass is 32.2. The van der Waals surface area contributed by atoms with E-state index in [-0.39, 0.29) is 15.2 Å². The molecular formula is C22H28O6S2. The van der Waals surface area contributed by atoms with Gasteiger partial charge < -0.3 is 0 Å². The molecule has 164 valence electrons. The van der Waals surface area contributed by atoms with Crippen molar-refractivity contribution in [1.29, 1.82) is 0 Å². The third-order valence-electron chi connectivity index (χ3n) is 7.77. The monoisotopic (exact) mass is 452 g/mol. The zero-order valence-electron chi connectivity index (χ0n) is 18.1. The van der Waals surface area contributed by atoms with Gasteiger partial charge in [-0.25, -0.2) is 0 Å². The summed E-state index contributed by atoms with van der Waals surface area (Å²) in [5, 5.41) is 1.28. The molecule has 30 heavy (non-hydrogen) atoms. The molecule has 2 aromatic rings. The molecule has 4 rings (SSSR count). The van der Waals surface area contributed by atoms with E-state index >= 15 is 0 Å². The Kier molecular flexibility index (Phi) is 4.24. The van der Waals surface area contributed by atoms with E-state index in [9.17, 15) is 25.9 Å². The van der Waals surface area contributed by atoms with Crippen LogP contribution in [0.15, 0.2) is 21.9 Å². The fourth-order valence-corrected chi connectivity index (χ4v) is 7.39. The summed E-state index contributed by atoms with van der Waals surface area (Å²) in [6.45, 7) is 11.8. The number of hydrogen-bond acceptors (Lipinski definition) is 4. The van der Waals surface area contributed by atoms with Gasteiger partial charge in [0.2, 0.25) is 0 Å². The fourth-order valence-electron chi connectivity index (χ4n) is 5.72. The van der Waals surface area contributed by atoms with Crippen LogP contribution in [-0.2, 0) is 36.5 Å². The first-order valence-corrected chi connectivity index (χ1v) is 13.0. The van der Waals surface area contributed by atoms with E-state index in [1.54, 1.807) is 6.92 Å². The Morgan fingerprint density at radius 2 is 1.47 bits per heavy atom. The van der Waals surface area contributed by atoms with Gasteiger partial charge in [-0.05, 0) is 76.8 Å². The van der Waals surface area contributed by atoms with E-state index < -0.39 is 31.1 Å². The summed E-state index contributed by atoms with van der Waals surface area (Å²) in [7, 11) is -9.06. The van der Waals surface area contributed by atoms with Crippen molar-refractivity contribution in [1.82, 2.24) is 0 Å². The molecule has 0 amide bonds. The topological polar surface area (TPSA) is 109 Å². The van der Waals surface area contributed by atoms with Gasteiger partial charge in [0.25, 0.3) is 20.2 Å². The normalized spacial score (nSPS) is 19.6. The van der Waals surface area contributed by atoms with Crippen molar-refractivity contribution in [3.63, 3.8) is 0 Å². The van der Waals surface area contributed by atoms with Gasteiger partial charge in [0.05, 0.1) is 9.79 Å². The van der Waals surface area contributed by atoms with Gasteiger partial charge in [0, 0.05) is 10.8 Å². The van der Waals surface area contributed by atoms with Crippen LogP contribution in [0.2, 0.25) is 0 Å². The van der Waals surface area contributed by atoms with Gasteiger partial charge in [-0.15, -0.1) is 0 Å². The van der Waals surface area contributed by atoms with Crippen LogP contribution in [-0.4, -0.2) is 25.9 Å². The van der Waals surface area contributed by atoms with Crippen LogP contribution in [0.5, 0.6) is 0 Å². The van der Waals surface area contributed by atoms with Crippen LogP contribution in [0, 0.1) is 6.92 Å². The summed E-state index contributed by atoms with van der Waals surface area (Å²) in [6.07, 6.45) is 2.37. The molecule has 0 bridgehead atoms. The van der Waals surface area contributed by atoms with Crippen molar-refractivity contribution in [2.24, 2.45) is 0 Å². The lowest BCUT2D eigenvalue weighted by Gasteiger charge is -2.36. The van der Waals surface area contributed by atoms with Crippen molar-refractivity contribution in [3.8, 4) is 0 Å². The van der Waals surface area contributed by atoms with Crippen LogP contribution >= 0.6 is 0 Å². The average Bonchev–Trinajstić information content (AvgIpc) is 3.36. The Morgan fingerprint density at radius 3 is 1.90 bits per heavy atom. The molecule has 0 aromatic heterocycles. The highest BCUT2D eigenvalue weighted by Crippen LogP contribution is 2.69. The molecule has 0 heterocycles. The van der Waals surface area contributed by atoms with Crippen molar-refractivity contribution in [3.05, 3.63) is 34.4 Å². The second-order valence-corrected chi connectivity index (χ2v) is 12.8. The van der Waals surface area contributed by atoms with Gasteiger partial charge in [0.15, 0.2) is 0 Å². The molecule has 2 aromatic carbocycles. The lowest BCUT2D eigenvalue weighted by atomic mass is 9.68. The summed E-state index contributed by atoms with van der Waals surface area (Å²) in [5.74, 6) is 0. The molecule has 0 radical (unpaired) electrons. The first-order chi connectivity index (χ1) is 13.5. The maximum absolute atomic E-state index is 12.5. The Hall–Kier alpha value is -1.48. The molecule has 6 nitrogen and oxygen atoms in total. The van der Waals surface area contributed by atoms with E-state index in [0.717, 1.165) is 29.4 Å². The third kappa shape index (κ3) is 2.60. The largest absolute Gasteiger partial charge is 0.294 e. The van der Waals surface area contributed by atoms with Crippen molar-refractivity contribution in [2.75, 3.05) is 0 Å². The standard InChI is InChI=1S/C22H28O6S2/c1-7-20(3,4)18-15(30(26,27)28)11-13-10-14(29(23,24)25)12(2)17-16(13)19(18)21(5,6)22(17)8-9-22/h10-11H,7-9H2,1-6H3,(H,23,24,25)(H,26,27,28).